The molecule has 0 aliphatic carbocycles. The molecule has 1 aromatic heterocycles. The van der Waals surface area contributed by atoms with Crippen LogP contribution >= 0.6 is 0 Å². The monoisotopic (exact) mass is 307 g/mol. The first-order valence-electron chi connectivity index (χ1n) is 7.49. The molecule has 0 spiro atoms. The Hall–Kier alpha value is -2.95. The predicted molar refractivity (Wildman–Crippen MR) is 88.7 cm³/mol. The number of rotatable bonds is 1. The van der Waals surface area contributed by atoms with Crippen molar-refractivity contribution in [2.45, 2.75) is 20.0 Å². The number of fused-ring (bicyclic) bond motifs is 3. The highest BCUT2D eigenvalue weighted by Gasteiger charge is 2.28. The molecule has 23 heavy (non-hydrogen) atoms. The number of hydrogen-bond acceptors (Lipinski definition) is 4. The summed E-state index contributed by atoms with van der Waals surface area (Å²) in [5.41, 5.74) is 5.72. The fourth-order valence-electron chi connectivity index (χ4n) is 3.10. The van der Waals surface area contributed by atoms with Crippen LogP contribution in [0.5, 0.6) is 11.5 Å². The summed E-state index contributed by atoms with van der Waals surface area (Å²) in [6, 6.07) is 13.2. The third-order valence-corrected chi connectivity index (χ3v) is 4.19. The molecule has 0 amide bonds. The summed E-state index contributed by atoms with van der Waals surface area (Å²) in [4.78, 5) is 0. The number of aromatic nitrogens is 2. The lowest BCUT2D eigenvalue weighted by molar-refractivity contribution is 0.392. The normalized spacial score (nSPS) is 15.7. The highest BCUT2D eigenvalue weighted by Crippen LogP contribution is 2.42. The molecular formula is C18H17N3O2. The minimum Gasteiger partial charge on any atom is -0.504 e. The second kappa shape index (κ2) is 4.78. The molecule has 1 atom stereocenters. The molecule has 116 valence electrons. The SMILES string of the molecule is Cc1ccc2c(c1)-c1cc(C)nn1[C@@H](c1cccc(O)c1O)N2. The van der Waals surface area contributed by atoms with E-state index in [1.807, 2.05) is 29.8 Å². The first-order valence-corrected chi connectivity index (χ1v) is 7.49. The Balaban J connectivity index is 1.94. The van der Waals surface area contributed by atoms with E-state index in [4.69, 9.17) is 0 Å². The average Bonchev–Trinajstić information content (AvgIpc) is 2.91. The van der Waals surface area contributed by atoms with Crippen molar-refractivity contribution in [1.29, 1.82) is 0 Å². The fraction of sp³-hybridized carbons (Fsp3) is 0.167. The van der Waals surface area contributed by atoms with Crippen LogP contribution in [-0.2, 0) is 0 Å². The number of phenols is 2. The number of hydrogen-bond donors (Lipinski definition) is 3. The molecular weight excluding hydrogens is 290 g/mol. The largest absolute Gasteiger partial charge is 0.504 e. The van der Waals surface area contributed by atoms with Crippen molar-refractivity contribution >= 4 is 5.69 Å². The van der Waals surface area contributed by atoms with Crippen molar-refractivity contribution in [3.63, 3.8) is 0 Å². The zero-order valence-corrected chi connectivity index (χ0v) is 12.9. The Morgan fingerprint density at radius 1 is 1.09 bits per heavy atom. The van der Waals surface area contributed by atoms with Gasteiger partial charge in [0.1, 0.15) is 0 Å². The second-order valence-electron chi connectivity index (χ2n) is 5.93. The Bertz CT molecular complexity index is 915. The molecule has 5 heteroatoms. The molecule has 2 heterocycles. The van der Waals surface area contributed by atoms with Gasteiger partial charge >= 0.3 is 0 Å². The number of aryl methyl sites for hydroxylation is 2. The molecule has 3 N–H and O–H groups in total. The Morgan fingerprint density at radius 3 is 2.74 bits per heavy atom. The van der Waals surface area contributed by atoms with Crippen LogP contribution in [0.2, 0.25) is 0 Å². The quantitative estimate of drug-likeness (QED) is 0.601. The van der Waals surface area contributed by atoms with Crippen molar-refractivity contribution in [1.82, 2.24) is 9.78 Å². The Morgan fingerprint density at radius 2 is 1.91 bits per heavy atom. The molecule has 0 saturated heterocycles. The van der Waals surface area contributed by atoms with Crippen molar-refractivity contribution < 1.29 is 10.2 Å². The first kappa shape index (κ1) is 13.7. The zero-order chi connectivity index (χ0) is 16.1. The third kappa shape index (κ3) is 2.04. The van der Waals surface area contributed by atoms with Crippen molar-refractivity contribution in [3.05, 3.63) is 59.3 Å². The molecule has 0 radical (unpaired) electrons. The van der Waals surface area contributed by atoms with Gasteiger partial charge in [0.15, 0.2) is 17.7 Å². The topological polar surface area (TPSA) is 70.3 Å². The van der Waals surface area contributed by atoms with Gasteiger partial charge < -0.3 is 15.5 Å². The summed E-state index contributed by atoms with van der Waals surface area (Å²) >= 11 is 0. The van der Waals surface area contributed by atoms with Crippen molar-refractivity contribution in [3.8, 4) is 22.8 Å². The summed E-state index contributed by atoms with van der Waals surface area (Å²) in [5, 5.41) is 28.0. The van der Waals surface area contributed by atoms with Crippen LogP contribution in [0.1, 0.15) is 23.0 Å². The lowest BCUT2D eigenvalue weighted by Crippen LogP contribution is -2.25. The molecule has 0 unspecified atom stereocenters. The van der Waals surface area contributed by atoms with Gasteiger partial charge in [-0.1, -0.05) is 23.8 Å². The minimum absolute atomic E-state index is 0.125. The molecule has 0 saturated carbocycles. The van der Waals surface area contributed by atoms with Gasteiger partial charge in [0.05, 0.1) is 11.4 Å². The van der Waals surface area contributed by atoms with Crippen molar-refractivity contribution in [2.24, 2.45) is 0 Å². The van der Waals surface area contributed by atoms with Crippen LogP contribution in [-0.4, -0.2) is 20.0 Å². The Labute approximate surface area is 133 Å². The van der Waals surface area contributed by atoms with Gasteiger partial charge in [0.2, 0.25) is 0 Å². The van der Waals surface area contributed by atoms with E-state index in [-0.39, 0.29) is 17.7 Å². The van der Waals surface area contributed by atoms with Crippen molar-refractivity contribution in [2.75, 3.05) is 5.32 Å². The minimum atomic E-state index is -0.374. The highest BCUT2D eigenvalue weighted by atomic mass is 16.3. The van der Waals surface area contributed by atoms with Crippen LogP contribution in [0.25, 0.3) is 11.3 Å². The highest BCUT2D eigenvalue weighted by molar-refractivity contribution is 5.79. The average molecular weight is 307 g/mol. The second-order valence-corrected chi connectivity index (χ2v) is 5.93. The summed E-state index contributed by atoms with van der Waals surface area (Å²) in [6.07, 6.45) is -0.374. The molecule has 1 aliphatic rings. The molecule has 4 rings (SSSR count). The van der Waals surface area contributed by atoms with Gasteiger partial charge in [-0.15, -0.1) is 0 Å². The smallest absolute Gasteiger partial charge is 0.164 e. The molecule has 2 aromatic carbocycles. The van der Waals surface area contributed by atoms with Gasteiger partial charge in [0.25, 0.3) is 0 Å². The van der Waals surface area contributed by atoms with E-state index in [0.29, 0.717) is 5.56 Å². The number of anilines is 1. The van der Waals surface area contributed by atoms with Crippen LogP contribution in [0, 0.1) is 13.8 Å². The summed E-state index contributed by atoms with van der Waals surface area (Å²) in [6.45, 7) is 4.00. The van der Waals surface area contributed by atoms with E-state index >= 15 is 0 Å². The summed E-state index contributed by atoms with van der Waals surface area (Å²) in [5.74, 6) is -0.260. The number of benzene rings is 2. The van der Waals surface area contributed by atoms with E-state index in [1.54, 1.807) is 12.1 Å². The van der Waals surface area contributed by atoms with E-state index in [1.165, 1.54) is 11.6 Å². The van der Waals surface area contributed by atoms with E-state index in [2.05, 4.69) is 23.4 Å². The zero-order valence-electron chi connectivity index (χ0n) is 12.9. The lowest BCUT2D eigenvalue weighted by Gasteiger charge is -2.30. The molecule has 3 aromatic rings. The summed E-state index contributed by atoms with van der Waals surface area (Å²) < 4.78 is 1.85. The number of phenolic OH excluding ortho intramolecular Hbond substituents is 2. The van der Waals surface area contributed by atoms with Gasteiger partial charge in [-0.2, -0.15) is 5.10 Å². The van der Waals surface area contributed by atoms with E-state index in [9.17, 15) is 10.2 Å². The van der Waals surface area contributed by atoms with Crippen LogP contribution in [0.15, 0.2) is 42.5 Å². The molecule has 1 aliphatic heterocycles. The number of nitrogens with one attached hydrogen (secondary N) is 1. The van der Waals surface area contributed by atoms with Gasteiger partial charge in [0, 0.05) is 16.8 Å². The maximum Gasteiger partial charge on any atom is 0.164 e. The third-order valence-electron chi connectivity index (χ3n) is 4.19. The maximum absolute atomic E-state index is 10.2. The number of aromatic hydroxyl groups is 2. The fourth-order valence-corrected chi connectivity index (χ4v) is 3.10. The Kier molecular flexibility index (Phi) is 2.84. The van der Waals surface area contributed by atoms with E-state index < -0.39 is 0 Å². The van der Waals surface area contributed by atoms with Crippen LogP contribution in [0.3, 0.4) is 0 Å². The van der Waals surface area contributed by atoms with Gasteiger partial charge in [-0.3, -0.25) is 0 Å². The standard InChI is InChI=1S/C18H17N3O2/c1-10-6-7-14-13(8-10)15-9-11(2)20-21(15)18(19-14)12-4-3-5-16(22)17(12)23/h3-9,18-19,22-23H,1-2H3/t18-/m0/s1. The molecule has 0 fully saturated rings. The maximum atomic E-state index is 10.2. The first-order chi connectivity index (χ1) is 11.0. The number of nitrogens with zero attached hydrogens (tertiary/aromatic N) is 2. The van der Waals surface area contributed by atoms with Gasteiger partial charge in [-0.25, -0.2) is 4.68 Å². The summed E-state index contributed by atoms with van der Waals surface area (Å²) in [7, 11) is 0. The van der Waals surface area contributed by atoms with Crippen LogP contribution in [0.4, 0.5) is 5.69 Å². The molecule has 0 bridgehead atoms. The lowest BCUT2D eigenvalue weighted by atomic mass is 10.0. The predicted octanol–water partition coefficient (Wildman–Crippen LogP) is 3.55. The number of para-hydroxylation sites is 1. The van der Waals surface area contributed by atoms with Crippen LogP contribution < -0.4 is 5.32 Å². The van der Waals surface area contributed by atoms with E-state index in [0.717, 1.165) is 22.6 Å². The molecule has 5 nitrogen and oxygen atoms in total. The van der Waals surface area contributed by atoms with Gasteiger partial charge in [-0.05, 0) is 38.1 Å².